The number of hydrogen-bond donors (Lipinski definition) is 2. The van der Waals surface area contributed by atoms with Crippen molar-refractivity contribution in [1.82, 2.24) is 4.98 Å². The molecule has 0 atom stereocenters. The van der Waals surface area contributed by atoms with Gasteiger partial charge in [-0.15, -0.1) is 0 Å². The predicted octanol–water partition coefficient (Wildman–Crippen LogP) is 2.23. The van der Waals surface area contributed by atoms with Gasteiger partial charge < -0.3 is 5.73 Å². The molecule has 2 aromatic rings. The van der Waals surface area contributed by atoms with Crippen LogP contribution in [0.15, 0.2) is 52.1 Å². The Balaban J connectivity index is 2.37. The molecular formula is C11H10BrN3O2S. The zero-order chi connectivity index (χ0) is 13.2. The summed E-state index contributed by atoms with van der Waals surface area (Å²) in [5.41, 5.74) is 6.27. The summed E-state index contributed by atoms with van der Waals surface area (Å²) in [5.74, 6) is 0. The highest BCUT2D eigenvalue weighted by Crippen LogP contribution is 2.24. The maximum absolute atomic E-state index is 12.1. The van der Waals surface area contributed by atoms with E-state index >= 15 is 0 Å². The molecular weight excluding hydrogens is 318 g/mol. The summed E-state index contributed by atoms with van der Waals surface area (Å²) < 4.78 is 27.3. The van der Waals surface area contributed by atoms with Gasteiger partial charge in [-0.25, -0.2) is 8.42 Å². The van der Waals surface area contributed by atoms with Gasteiger partial charge in [-0.2, -0.15) is 0 Å². The molecule has 1 heterocycles. The SMILES string of the molecule is Nc1cc(Br)ccc1S(=O)(=O)Nc1cccnc1. The third-order valence-corrected chi connectivity index (χ3v) is 4.12. The lowest BCUT2D eigenvalue weighted by molar-refractivity contribution is 0.601. The summed E-state index contributed by atoms with van der Waals surface area (Å²) in [6.07, 6.45) is 2.98. The van der Waals surface area contributed by atoms with Crippen molar-refractivity contribution in [1.29, 1.82) is 0 Å². The molecule has 0 aliphatic heterocycles. The number of hydrogen-bond acceptors (Lipinski definition) is 4. The van der Waals surface area contributed by atoms with Crippen molar-refractivity contribution >= 4 is 37.3 Å². The summed E-state index contributed by atoms with van der Waals surface area (Å²) >= 11 is 3.22. The van der Waals surface area contributed by atoms with Gasteiger partial charge >= 0.3 is 0 Å². The van der Waals surface area contributed by atoms with Gasteiger partial charge in [-0.3, -0.25) is 9.71 Å². The van der Waals surface area contributed by atoms with Crippen molar-refractivity contribution in [2.75, 3.05) is 10.5 Å². The molecule has 7 heteroatoms. The Bertz CT molecular complexity index is 659. The van der Waals surface area contributed by atoms with Crippen LogP contribution in [0.3, 0.4) is 0 Å². The van der Waals surface area contributed by atoms with E-state index < -0.39 is 10.0 Å². The molecule has 0 radical (unpaired) electrons. The van der Waals surface area contributed by atoms with Gasteiger partial charge in [0.25, 0.3) is 10.0 Å². The number of nitrogens with two attached hydrogens (primary N) is 1. The average Bonchev–Trinajstić information content (AvgIpc) is 2.29. The number of halogens is 1. The largest absolute Gasteiger partial charge is 0.398 e. The van der Waals surface area contributed by atoms with Crippen molar-refractivity contribution in [2.45, 2.75) is 4.90 Å². The third kappa shape index (κ3) is 2.80. The molecule has 0 saturated heterocycles. The van der Waals surface area contributed by atoms with Crippen LogP contribution in [0.1, 0.15) is 0 Å². The second-order valence-corrected chi connectivity index (χ2v) is 6.10. The van der Waals surface area contributed by atoms with E-state index in [-0.39, 0.29) is 10.6 Å². The van der Waals surface area contributed by atoms with Crippen molar-refractivity contribution in [3.63, 3.8) is 0 Å². The van der Waals surface area contributed by atoms with Crippen LogP contribution in [0.25, 0.3) is 0 Å². The van der Waals surface area contributed by atoms with Crippen LogP contribution < -0.4 is 10.5 Å². The second kappa shape index (κ2) is 4.95. The lowest BCUT2D eigenvalue weighted by Crippen LogP contribution is -2.14. The molecule has 0 saturated carbocycles. The lowest BCUT2D eigenvalue weighted by Gasteiger charge is -2.09. The predicted molar refractivity (Wildman–Crippen MR) is 73.6 cm³/mol. The normalized spacial score (nSPS) is 11.2. The fourth-order valence-electron chi connectivity index (χ4n) is 1.40. The lowest BCUT2D eigenvalue weighted by atomic mass is 10.3. The highest BCUT2D eigenvalue weighted by atomic mass is 79.9. The summed E-state index contributed by atoms with van der Waals surface area (Å²) in [7, 11) is -3.70. The van der Waals surface area contributed by atoms with Gasteiger partial charge in [0.05, 0.1) is 17.6 Å². The quantitative estimate of drug-likeness (QED) is 0.846. The fourth-order valence-corrected chi connectivity index (χ4v) is 2.93. The van der Waals surface area contributed by atoms with E-state index in [1.807, 2.05) is 0 Å². The molecule has 3 N–H and O–H groups in total. The van der Waals surface area contributed by atoms with Gasteiger partial charge in [0, 0.05) is 10.7 Å². The Labute approximate surface area is 113 Å². The van der Waals surface area contributed by atoms with Crippen molar-refractivity contribution < 1.29 is 8.42 Å². The topological polar surface area (TPSA) is 85.1 Å². The molecule has 1 aromatic carbocycles. The van der Waals surface area contributed by atoms with Gasteiger partial charge in [-0.05, 0) is 30.3 Å². The number of rotatable bonds is 3. The molecule has 94 valence electrons. The smallest absolute Gasteiger partial charge is 0.263 e. The van der Waals surface area contributed by atoms with E-state index in [9.17, 15) is 8.42 Å². The standard InChI is InChI=1S/C11H10BrN3O2S/c12-8-3-4-11(10(13)6-8)18(16,17)15-9-2-1-5-14-7-9/h1-7,15H,13H2. The van der Waals surface area contributed by atoms with Crippen molar-refractivity contribution in [3.05, 3.63) is 47.2 Å². The number of nitrogens with one attached hydrogen (secondary N) is 1. The van der Waals surface area contributed by atoms with Crippen LogP contribution in [-0.2, 0) is 10.0 Å². The number of anilines is 2. The average molecular weight is 328 g/mol. The molecule has 2 rings (SSSR count). The Morgan fingerprint density at radius 2 is 2.06 bits per heavy atom. The van der Waals surface area contributed by atoms with E-state index in [4.69, 9.17) is 5.73 Å². The Morgan fingerprint density at radius 1 is 1.28 bits per heavy atom. The maximum Gasteiger partial charge on any atom is 0.263 e. The number of nitrogen functional groups attached to an aromatic ring is 1. The highest BCUT2D eigenvalue weighted by molar-refractivity contribution is 9.10. The molecule has 0 fully saturated rings. The van der Waals surface area contributed by atoms with Crippen LogP contribution in [0.5, 0.6) is 0 Å². The molecule has 0 amide bonds. The first-order valence-electron chi connectivity index (χ1n) is 4.97. The monoisotopic (exact) mass is 327 g/mol. The van der Waals surface area contributed by atoms with E-state index in [1.54, 1.807) is 24.4 Å². The molecule has 0 bridgehead atoms. The second-order valence-electron chi connectivity index (χ2n) is 3.53. The van der Waals surface area contributed by atoms with Gasteiger partial charge in [0.1, 0.15) is 4.90 Å². The van der Waals surface area contributed by atoms with E-state index in [0.29, 0.717) is 5.69 Å². The number of benzene rings is 1. The molecule has 18 heavy (non-hydrogen) atoms. The van der Waals surface area contributed by atoms with Crippen molar-refractivity contribution in [3.8, 4) is 0 Å². The van der Waals surface area contributed by atoms with Crippen LogP contribution in [0.4, 0.5) is 11.4 Å². The van der Waals surface area contributed by atoms with Crippen LogP contribution in [0, 0.1) is 0 Å². The Hall–Kier alpha value is -1.60. The number of pyridine rings is 1. The van der Waals surface area contributed by atoms with Crippen LogP contribution in [-0.4, -0.2) is 13.4 Å². The molecule has 1 aromatic heterocycles. The van der Waals surface area contributed by atoms with E-state index in [2.05, 4.69) is 25.6 Å². The minimum Gasteiger partial charge on any atom is -0.398 e. The van der Waals surface area contributed by atoms with Crippen LogP contribution >= 0.6 is 15.9 Å². The third-order valence-electron chi connectivity index (χ3n) is 2.18. The summed E-state index contributed by atoms with van der Waals surface area (Å²) in [4.78, 5) is 3.87. The molecule has 0 aliphatic rings. The van der Waals surface area contributed by atoms with Gasteiger partial charge in [-0.1, -0.05) is 15.9 Å². The summed E-state index contributed by atoms with van der Waals surface area (Å²) in [6, 6.07) is 7.85. The highest BCUT2D eigenvalue weighted by Gasteiger charge is 2.17. The zero-order valence-electron chi connectivity index (χ0n) is 9.17. The first-order valence-corrected chi connectivity index (χ1v) is 7.24. The zero-order valence-corrected chi connectivity index (χ0v) is 11.6. The summed E-state index contributed by atoms with van der Waals surface area (Å²) in [6.45, 7) is 0. The maximum atomic E-state index is 12.1. The van der Waals surface area contributed by atoms with Gasteiger partial charge in [0.2, 0.25) is 0 Å². The summed E-state index contributed by atoms with van der Waals surface area (Å²) in [5, 5.41) is 0. The Morgan fingerprint density at radius 3 is 2.67 bits per heavy atom. The van der Waals surface area contributed by atoms with Gasteiger partial charge in [0.15, 0.2) is 0 Å². The minimum absolute atomic E-state index is 0.0366. The minimum atomic E-state index is -3.70. The van der Waals surface area contributed by atoms with Crippen LogP contribution in [0.2, 0.25) is 0 Å². The fraction of sp³-hybridized carbons (Fsp3) is 0. The molecule has 5 nitrogen and oxygen atoms in total. The molecule has 0 spiro atoms. The first kappa shape index (κ1) is 12.8. The van der Waals surface area contributed by atoms with E-state index in [1.165, 1.54) is 18.3 Å². The molecule has 0 unspecified atom stereocenters. The van der Waals surface area contributed by atoms with E-state index in [0.717, 1.165) is 4.47 Å². The molecule has 0 aliphatic carbocycles. The number of nitrogens with zero attached hydrogens (tertiary/aromatic N) is 1. The first-order chi connectivity index (χ1) is 8.49. The van der Waals surface area contributed by atoms with Crippen molar-refractivity contribution in [2.24, 2.45) is 0 Å². The number of sulfonamides is 1. The Kier molecular flexibility index (Phi) is 3.53. The number of aromatic nitrogens is 1.